The first-order valence-electron chi connectivity index (χ1n) is 5.69. The van der Waals surface area contributed by atoms with Crippen LogP contribution >= 0.6 is 27.7 Å². The highest BCUT2D eigenvalue weighted by Gasteiger charge is 2.11. The maximum atomic E-state index is 6.28. The lowest BCUT2D eigenvalue weighted by molar-refractivity contribution is 0.693. The number of nitrogens with two attached hydrogens (primary N) is 1. The molecule has 1 aromatic heterocycles. The quantitative estimate of drug-likeness (QED) is 0.870. The van der Waals surface area contributed by atoms with Crippen molar-refractivity contribution in [2.45, 2.75) is 17.4 Å². The molecule has 2 N–H and O–H groups in total. The van der Waals surface area contributed by atoms with E-state index in [2.05, 4.69) is 39.3 Å². The molecule has 94 valence electrons. The van der Waals surface area contributed by atoms with Gasteiger partial charge in [0.05, 0.1) is 0 Å². The zero-order valence-electron chi connectivity index (χ0n) is 10.1. The van der Waals surface area contributed by atoms with Gasteiger partial charge >= 0.3 is 0 Å². The number of thioether (sulfide) groups is 1. The second-order valence-electron chi connectivity index (χ2n) is 4.02. The molecule has 1 atom stereocenters. The van der Waals surface area contributed by atoms with E-state index < -0.39 is 0 Å². The Morgan fingerprint density at radius 3 is 2.72 bits per heavy atom. The van der Waals surface area contributed by atoms with Gasteiger partial charge in [-0.1, -0.05) is 18.2 Å². The van der Waals surface area contributed by atoms with Crippen molar-refractivity contribution in [2.75, 3.05) is 6.26 Å². The van der Waals surface area contributed by atoms with Crippen molar-refractivity contribution in [3.05, 3.63) is 58.3 Å². The summed E-state index contributed by atoms with van der Waals surface area (Å²) >= 11 is 5.11. The van der Waals surface area contributed by atoms with Crippen molar-refractivity contribution >= 4 is 27.7 Å². The minimum atomic E-state index is -0.0117. The first-order chi connectivity index (χ1) is 8.70. The van der Waals surface area contributed by atoms with E-state index in [-0.39, 0.29) is 6.04 Å². The first kappa shape index (κ1) is 13.6. The Bertz CT molecular complexity index is 513. The summed E-state index contributed by atoms with van der Waals surface area (Å²) in [5.41, 5.74) is 8.48. The molecule has 2 aromatic rings. The van der Waals surface area contributed by atoms with Crippen LogP contribution in [0, 0.1) is 0 Å². The Balaban J connectivity index is 2.16. The van der Waals surface area contributed by atoms with E-state index in [1.54, 1.807) is 11.8 Å². The van der Waals surface area contributed by atoms with Gasteiger partial charge in [0.1, 0.15) is 0 Å². The normalized spacial score (nSPS) is 12.4. The van der Waals surface area contributed by atoms with Crippen LogP contribution in [0.25, 0.3) is 0 Å². The molecule has 2 nitrogen and oxygen atoms in total. The fourth-order valence-corrected chi connectivity index (χ4v) is 2.74. The first-order valence-corrected chi connectivity index (χ1v) is 7.71. The smallest absolute Gasteiger partial charge is 0.0423 e. The van der Waals surface area contributed by atoms with Crippen LogP contribution in [-0.4, -0.2) is 11.2 Å². The fourth-order valence-electron chi connectivity index (χ4n) is 1.84. The highest BCUT2D eigenvalue weighted by Crippen LogP contribution is 2.26. The number of nitrogens with zero attached hydrogens (tertiary/aromatic N) is 1. The maximum Gasteiger partial charge on any atom is 0.0423 e. The molecule has 0 aliphatic carbocycles. The van der Waals surface area contributed by atoms with Crippen LogP contribution in [0.15, 0.2) is 52.0 Å². The van der Waals surface area contributed by atoms with Crippen molar-refractivity contribution in [1.29, 1.82) is 0 Å². The van der Waals surface area contributed by atoms with Crippen LogP contribution in [0.1, 0.15) is 17.3 Å². The van der Waals surface area contributed by atoms with Crippen LogP contribution in [0.5, 0.6) is 0 Å². The predicted octanol–water partition coefficient (Wildman–Crippen LogP) is 3.81. The molecular weight excluding hydrogens is 308 g/mol. The van der Waals surface area contributed by atoms with Crippen molar-refractivity contribution < 1.29 is 0 Å². The third kappa shape index (κ3) is 3.34. The van der Waals surface area contributed by atoms with Crippen LogP contribution in [0.4, 0.5) is 0 Å². The molecular formula is C14H15BrN2S. The lowest BCUT2D eigenvalue weighted by Gasteiger charge is -2.15. The van der Waals surface area contributed by atoms with Gasteiger partial charge in [0.25, 0.3) is 0 Å². The number of pyridine rings is 1. The molecule has 4 heteroatoms. The number of aromatic nitrogens is 1. The van der Waals surface area contributed by atoms with E-state index in [0.717, 1.165) is 16.6 Å². The second kappa shape index (κ2) is 6.36. The van der Waals surface area contributed by atoms with Crippen LogP contribution < -0.4 is 5.73 Å². The highest BCUT2D eigenvalue weighted by atomic mass is 79.9. The van der Waals surface area contributed by atoms with E-state index >= 15 is 0 Å². The summed E-state index contributed by atoms with van der Waals surface area (Å²) in [6, 6.07) is 12.3. The molecule has 0 saturated heterocycles. The lowest BCUT2D eigenvalue weighted by atomic mass is 10.0. The molecule has 0 spiro atoms. The number of rotatable bonds is 4. The molecule has 0 aliphatic rings. The molecule has 0 amide bonds. The molecule has 18 heavy (non-hydrogen) atoms. The Morgan fingerprint density at radius 1 is 1.28 bits per heavy atom. The van der Waals surface area contributed by atoms with E-state index in [1.807, 2.05) is 30.5 Å². The summed E-state index contributed by atoms with van der Waals surface area (Å²) in [5, 5.41) is 0. The Kier molecular flexibility index (Phi) is 4.80. The average molecular weight is 323 g/mol. The van der Waals surface area contributed by atoms with Gasteiger partial charge in [0.15, 0.2) is 0 Å². The Labute approximate surface area is 120 Å². The summed E-state index contributed by atoms with van der Waals surface area (Å²) in [7, 11) is 0. The lowest BCUT2D eigenvalue weighted by Crippen LogP contribution is -2.15. The minimum absolute atomic E-state index is 0.0117. The fraction of sp³-hybridized carbons (Fsp3) is 0.214. The van der Waals surface area contributed by atoms with Gasteiger partial charge in [-0.25, -0.2) is 0 Å². The van der Waals surface area contributed by atoms with Crippen LogP contribution in [0.2, 0.25) is 0 Å². The van der Waals surface area contributed by atoms with Gasteiger partial charge in [-0.2, -0.15) is 0 Å². The van der Waals surface area contributed by atoms with Crippen LogP contribution in [-0.2, 0) is 6.42 Å². The minimum Gasteiger partial charge on any atom is -0.324 e. The van der Waals surface area contributed by atoms with Gasteiger partial charge in [0, 0.05) is 33.7 Å². The molecule has 0 saturated carbocycles. The molecule has 0 bridgehead atoms. The van der Waals surface area contributed by atoms with Gasteiger partial charge in [-0.05, 0) is 45.9 Å². The zero-order valence-corrected chi connectivity index (χ0v) is 12.5. The standard InChI is InChI=1S/C14H15BrN2S/c1-18-14-5-3-2-4-12(14)13(16)8-11-7-6-10(15)9-17-11/h2-7,9,13H,8,16H2,1H3. The van der Waals surface area contributed by atoms with Crippen molar-refractivity contribution in [3.8, 4) is 0 Å². The third-order valence-electron chi connectivity index (χ3n) is 2.76. The summed E-state index contributed by atoms with van der Waals surface area (Å²) in [5.74, 6) is 0. The largest absolute Gasteiger partial charge is 0.324 e. The Hall–Kier alpha value is -0.840. The molecule has 0 aliphatic heterocycles. The van der Waals surface area contributed by atoms with Crippen molar-refractivity contribution in [1.82, 2.24) is 4.98 Å². The maximum absolute atomic E-state index is 6.28. The summed E-state index contributed by atoms with van der Waals surface area (Å²) in [6.07, 6.45) is 4.64. The highest BCUT2D eigenvalue weighted by molar-refractivity contribution is 9.10. The summed E-state index contributed by atoms with van der Waals surface area (Å²) in [6.45, 7) is 0. The molecule has 1 unspecified atom stereocenters. The van der Waals surface area contributed by atoms with Gasteiger partial charge in [0.2, 0.25) is 0 Å². The van der Waals surface area contributed by atoms with E-state index in [4.69, 9.17) is 5.73 Å². The summed E-state index contributed by atoms with van der Waals surface area (Å²) in [4.78, 5) is 5.60. The molecule has 0 radical (unpaired) electrons. The molecule has 0 fully saturated rings. The number of halogens is 1. The number of hydrogen-bond donors (Lipinski definition) is 1. The van der Waals surface area contributed by atoms with Crippen molar-refractivity contribution in [2.24, 2.45) is 5.73 Å². The topological polar surface area (TPSA) is 38.9 Å². The SMILES string of the molecule is CSc1ccccc1C(N)Cc1ccc(Br)cn1. The predicted molar refractivity (Wildman–Crippen MR) is 80.8 cm³/mol. The van der Waals surface area contributed by atoms with E-state index in [1.165, 1.54) is 10.5 Å². The monoisotopic (exact) mass is 322 g/mol. The third-order valence-corrected chi connectivity index (χ3v) is 4.04. The zero-order chi connectivity index (χ0) is 13.0. The number of benzene rings is 1. The second-order valence-corrected chi connectivity index (χ2v) is 5.78. The van der Waals surface area contributed by atoms with E-state index in [0.29, 0.717) is 0 Å². The summed E-state index contributed by atoms with van der Waals surface area (Å²) < 4.78 is 0.990. The average Bonchev–Trinajstić information content (AvgIpc) is 2.41. The van der Waals surface area contributed by atoms with Gasteiger partial charge in [-0.15, -0.1) is 11.8 Å². The van der Waals surface area contributed by atoms with Gasteiger partial charge in [-0.3, -0.25) is 4.98 Å². The van der Waals surface area contributed by atoms with Crippen LogP contribution in [0.3, 0.4) is 0 Å². The van der Waals surface area contributed by atoms with Crippen molar-refractivity contribution in [3.63, 3.8) is 0 Å². The molecule has 1 aromatic carbocycles. The number of hydrogen-bond acceptors (Lipinski definition) is 3. The van der Waals surface area contributed by atoms with Gasteiger partial charge < -0.3 is 5.73 Å². The van der Waals surface area contributed by atoms with E-state index in [9.17, 15) is 0 Å². The molecule has 1 heterocycles. The Morgan fingerprint density at radius 2 is 2.06 bits per heavy atom. The molecule has 2 rings (SSSR count).